The number of hydrogen-bond donors (Lipinski definition) is 0. The summed E-state index contributed by atoms with van der Waals surface area (Å²) in [5.41, 5.74) is 5.17. The van der Waals surface area contributed by atoms with Crippen molar-refractivity contribution in [2.75, 3.05) is 7.11 Å². The van der Waals surface area contributed by atoms with Gasteiger partial charge in [-0.15, -0.1) is 0 Å². The number of hydrogen-bond acceptors (Lipinski definition) is 6. The summed E-state index contributed by atoms with van der Waals surface area (Å²) in [7, 11) is 1.66. The number of aromatic nitrogens is 1. The lowest BCUT2D eigenvalue weighted by molar-refractivity contribution is 0.414. The Morgan fingerprint density at radius 2 is 1.24 bits per heavy atom. The van der Waals surface area contributed by atoms with Crippen LogP contribution in [0.4, 0.5) is 0 Å². The van der Waals surface area contributed by atoms with E-state index in [-0.39, 0.29) is 11.6 Å². The van der Waals surface area contributed by atoms with Gasteiger partial charge in [0.25, 0.3) is 5.56 Å². The number of thioether (sulfide) groups is 2. The van der Waals surface area contributed by atoms with Crippen molar-refractivity contribution in [1.29, 1.82) is 0 Å². The number of nitrogens with zero attached hydrogens (tertiary/aromatic N) is 2. The number of fused-ring (bicyclic) bond motifs is 1. The quantitative estimate of drug-likeness (QED) is 0.217. The highest BCUT2D eigenvalue weighted by atomic mass is 32.2. The van der Waals surface area contributed by atoms with E-state index in [1.807, 2.05) is 59.2 Å². The van der Waals surface area contributed by atoms with Crippen LogP contribution in [0.3, 0.4) is 0 Å². The Kier molecular flexibility index (Phi) is 7.00. The van der Waals surface area contributed by atoms with Crippen LogP contribution in [0.25, 0.3) is 19.7 Å². The van der Waals surface area contributed by atoms with Crippen molar-refractivity contribution in [3.05, 3.63) is 163 Å². The number of thiazole rings is 1. The van der Waals surface area contributed by atoms with Gasteiger partial charge in [0.05, 0.1) is 23.1 Å². The molecule has 0 bridgehead atoms. The Bertz CT molecular complexity index is 1920. The van der Waals surface area contributed by atoms with Gasteiger partial charge in [-0.05, 0) is 40.5 Å². The molecule has 1 atom stereocenters. The fraction of sp³-hybridized carbons (Fsp3) is 0.0588. The van der Waals surface area contributed by atoms with Crippen LogP contribution in [0.15, 0.2) is 131 Å². The van der Waals surface area contributed by atoms with Gasteiger partial charge in [-0.2, -0.15) is 0 Å². The van der Waals surface area contributed by atoms with Gasteiger partial charge < -0.3 is 4.74 Å². The molecule has 4 aromatic carbocycles. The number of benzene rings is 4. The number of allylic oxidation sites excluding steroid dienone is 1. The van der Waals surface area contributed by atoms with Crippen LogP contribution < -0.4 is 19.6 Å². The third kappa shape index (κ3) is 4.90. The summed E-state index contributed by atoms with van der Waals surface area (Å²) in [6.45, 7) is 0. The van der Waals surface area contributed by atoms with Crippen molar-refractivity contribution in [2.24, 2.45) is 4.99 Å². The van der Waals surface area contributed by atoms with Crippen LogP contribution in [0.5, 0.6) is 5.75 Å². The van der Waals surface area contributed by atoms with Crippen LogP contribution >= 0.6 is 34.9 Å². The molecule has 3 heterocycles. The van der Waals surface area contributed by atoms with Gasteiger partial charge in [-0.25, -0.2) is 4.99 Å². The van der Waals surface area contributed by atoms with Gasteiger partial charge in [0.2, 0.25) is 0 Å². The second-order valence-corrected chi connectivity index (χ2v) is 12.8. The Balaban J connectivity index is 1.40. The third-order valence-corrected chi connectivity index (χ3v) is 11.0. The molecule has 0 N–H and O–H groups in total. The first-order valence-electron chi connectivity index (χ1n) is 13.2. The van der Waals surface area contributed by atoms with Crippen molar-refractivity contribution in [3.8, 4) is 5.75 Å². The van der Waals surface area contributed by atoms with Gasteiger partial charge >= 0.3 is 0 Å². The topological polar surface area (TPSA) is 43.6 Å². The molecular formula is C34H24N2O2S3. The maximum atomic E-state index is 14.2. The molecule has 4 nitrogen and oxygen atoms in total. The Morgan fingerprint density at radius 3 is 1.78 bits per heavy atom. The molecule has 1 aromatic heterocycles. The minimum absolute atomic E-state index is 0.0188. The molecule has 200 valence electrons. The molecular weight excluding hydrogens is 565 g/mol. The van der Waals surface area contributed by atoms with E-state index in [2.05, 4.69) is 66.7 Å². The zero-order chi connectivity index (χ0) is 27.8. The minimum atomic E-state index is -0.284. The molecule has 2 aliphatic heterocycles. The molecule has 41 heavy (non-hydrogen) atoms. The van der Waals surface area contributed by atoms with Gasteiger partial charge in [-0.3, -0.25) is 9.36 Å². The minimum Gasteiger partial charge on any atom is -0.497 e. The van der Waals surface area contributed by atoms with Crippen molar-refractivity contribution < 1.29 is 4.74 Å². The summed E-state index contributed by atoms with van der Waals surface area (Å²) in [5, 5.41) is 0. The average molecular weight is 589 g/mol. The van der Waals surface area contributed by atoms with Gasteiger partial charge in [0, 0.05) is 9.81 Å². The fourth-order valence-corrected chi connectivity index (χ4v) is 8.93. The van der Waals surface area contributed by atoms with Crippen molar-refractivity contribution in [1.82, 2.24) is 4.57 Å². The summed E-state index contributed by atoms with van der Waals surface area (Å²) in [6.07, 6.45) is 2.09. The van der Waals surface area contributed by atoms with Crippen LogP contribution in [0.2, 0.25) is 0 Å². The summed E-state index contributed by atoms with van der Waals surface area (Å²) in [5.74, 6) is 0.780. The predicted molar refractivity (Wildman–Crippen MR) is 173 cm³/mol. The first kappa shape index (κ1) is 25.9. The molecule has 2 aliphatic rings. The summed E-state index contributed by atoms with van der Waals surface area (Å²) >= 11 is 4.83. The Morgan fingerprint density at radius 1 is 0.707 bits per heavy atom. The first-order valence-corrected chi connectivity index (χ1v) is 15.6. The Hall–Kier alpha value is -4.04. The molecule has 0 spiro atoms. The van der Waals surface area contributed by atoms with Crippen LogP contribution in [-0.4, -0.2) is 11.7 Å². The smallest absolute Gasteiger partial charge is 0.272 e. The number of ether oxygens (including phenoxy) is 1. The van der Waals surface area contributed by atoms with Crippen molar-refractivity contribution >= 4 is 54.6 Å². The molecule has 7 rings (SSSR count). The maximum absolute atomic E-state index is 14.2. The Labute approximate surface area is 250 Å². The second kappa shape index (κ2) is 11.1. The lowest BCUT2D eigenvalue weighted by Gasteiger charge is -2.20. The molecule has 0 fully saturated rings. The molecule has 0 saturated heterocycles. The largest absolute Gasteiger partial charge is 0.497 e. The summed E-state index contributed by atoms with van der Waals surface area (Å²) in [4.78, 5) is 22.3. The molecule has 0 saturated carbocycles. The molecule has 0 radical (unpaired) electrons. The van der Waals surface area contributed by atoms with E-state index in [4.69, 9.17) is 9.73 Å². The standard InChI is InChI=1S/C34H24N2O2S3/c1-38-26-19-17-23(18-20-26)28-21-27(22-11-5-2-6-12-22)35-34-36(28)32(37)31(41-34)33-39-29(24-13-7-3-8-14-24)30(40-33)25-15-9-4-10-16-25/h2-21,28H,1H3/t28-/m0/s1. The molecule has 0 amide bonds. The number of rotatable bonds is 5. The van der Waals surface area contributed by atoms with E-state index < -0.39 is 0 Å². The van der Waals surface area contributed by atoms with E-state index in [0.29, 0.717) is 4.80 Å². The van der Waals surface area contributed by atoms with Crippen molar-refractivity contribution in [2.45, 2.75) is 6.04 Å². The summed E-state index contributed by atoms with van der Waals surface area (Å²) < 4.78 is 8.94. The van der Waals surface area contributed by atoms with Crippen LogP contribution in [-0.2, 0) is 0 Å². The number of methoxy groups -OCH3 is 1. The van der Waals surface area contributed by atoms with Crippen molar-refractivity contribution in [3.63, 3.8) is 0 Å². The van der Waals surface area contributed by atoms with E-state index in [0.717, 1.165) is 42.5 Å². The van der Waals surface area contributed by atoms with E-state index in [1.165, 1.54) is 21.1 Å². The average Bonchev–Trinajstić information content (AvgIpc) is 3.63. The normalized spacial score (nSPS) is 16.3. The van der Waals surface area contributed by atoms with Gasteiger partial charge in [0.15, 0.2) is 4.80 Å². The fourth-order valence-electron chi connectivity index (χ4n) is 4.96. The lowest BCUT2D eigenvalue weighted by Crippen LogP contribution is -2.36. The highest BCUT2D eigenvalue weighted by Crippen LogP contribution is 2.57. The van der Waals surface area contributed by atoms with E-state index in [1.54, 1.807) is 30.6 Å². The van der Waals surface area contributed by atoms with Crippen LogP contribution in [0.1, 0.15) is 28.3 Å². The monoisotopic (exact) mass is 588 g/mol. The zero-order valence-electron chi connectivity index (χ0n) is 22.1. The second-order valence-electron chi connectivity index (χ2n) is 9.52. The maximum Gasteiger partial charge on any atom is 0.272 e. The van der Waals surface area contributed by atoms with Crippen LogP contribution in [0, 0.1) is 0 Å². The van der Waals surface area contributed by atoms with E-state index >= 15 is 0 Å². The molecule has 7 heteroatoms. The molecule has 0 aliphatic carbocycles. The highest BCUT2D eigenvalue weighted by molar-refractivity contribution is 8.41. The van der Waals surface area contributed by atoms with Gasteiger partial charge in [-0.1, -0.05) is 138 Å². The molecule has 5 aromatic rings. The highest BCUT2D eigenvalue weighted by Gasteiger charge is 2.28. The zero-order valence-corrected chi connectivity index (χ0v) is 24.5. The SMILES string of the molecule is COc1ccc([C@@H]2C=C(c3ccccc3)N=c3sc(=C4SC(c5ccccc5)=C(c5ccccc5)S4)c(=O)n32)cc1. The first-order chi connectivity index (χ1) is 20.2. The summed E-state index contributed by atoms with van der Waals surface area (Å²) in [6, 6.07) is 38.6. The lowest BCUT2D eigenvalue weighted by atomic mass is 10.0. The predicted octanol–water partition coefficient (Wildman–Crippen LogP) is 7.25. The molecule has 0 unspecified atom stereocenters. The van der Waals surface area contributed by atoms with Gasteiger partial charge in [0.1, 0.15) is 10.3 Å². The van der Waals surface area contributed by atoms with E-state index in [9.17, 15) is 4.79 Å². The third-order valence-electron chi connectivity index (χ3n) is 7.00.